The zero-order valence-electron chi connectivity index (χ0n) is 17.0. The molecule has 0 unspecified atom stereocenters. The maximum absolute atomic E-state index is 14.2. The Morgan fingerprint density at radius 2 is 1.65 bits per heavy atom. The number of carbonyl (C=O) groups is 2. The third kappa shape index (κ3) is 4.33. The van der Waals surface area contributed by atoms with Crippen molar-refractivity contribution in [3.63, 3.8) is 0 Å². The van der Waals surface area contributed by atoms with Gasteiger partial charge in [-0.1, -0.05) is 30.3 Å². The SMILES string of the molecule is CCOc1ccc(NC(=O)Cn2cc(C(=O)c3ccccc3F)c3ccccc32)cc1. The number of amides is 1. The first-order valence-corrected chi connectivity index (χ1v) is 9.96. The third-order valence-corrected chi connectivity index (χ3v) is 4.91. The number of nitrogens with zero attached hydrogens (tertiary/aromatic N) is 1. The first-order chi connectivity index (χ1) is 15.1. The summed E-state index contributed by atoms with van der Waals surface area (Å²) in [5, 5.41) is 3.51. The monoisotopic (exact) mass is 416 g/mol. The van der Waals surface area contributed by atoms with Crippen LogP contribution in [0.25, 0.3) is 10.9 Å². The molecule has 0 fully saturated rings. The van der Waals surface area contributed by atoms with Gasteiger partial charge in [0.1, 0.15) is 18.1 Å². The number of para-hydroxylation sites is 1. The van der Waals surface area contributed by atoms with E-state index in [1.807, 2.05) is 25.1 Å². The normalized spacial score (nSPS) is 10.8. The summed E-state index contributed by atoms with van der Waals surface area (Å²) in [6.07, 6.45) is 1.61. The van der Waals surface area contributed by atoms with Crippen LogP contribution in [0.2, 0.25) is 0 Å². The highest BCUT2D eigenvalue weighted by Gasteiger charge is 2.20. The molecular formula is C25H21FN2O3. The molecule has 0 bridgehead atoms. The zero-order valence-corrected chi connectivity index (χ0v) is 17.0. The van der Waals surface area contributed by atoms with Crippen LogP contribution in [0.5, 0.6) is 5.75 Å². The van der Waals surface area contributed by atoms with Gasteiger partial charge in [0.25, 0.3) is 0 Å². The van der Waals surface area contributed by atoms with E-state index in [4.69, 9.17) is 4.74 Å². The van der Waals surface area contributed by atoms with Crippen molar-refractivity contribution in [3.8, 4) is 5.75 Å². The second kappa shape index (κ2) is 8.83. The van der Waals surface area contributed by atoms with E-state index in [0.717, 1.165) is 11.3 Å². The Bertz CT molecular complexity index is 1250. The summed E-state index contributed by atoms with van der Waals surface area (Å²) in [5.74, 6) is -0.499. The molecule has 1 aromatic heterocycles. The fraction of sp³-hybridized carbons (Fsp3) is 0.120. The molecule has 1 N–H and O–H groups in total. The van der Waals surface area contributed by atoms with E-state index in [0.29, 0.717) is 23.2 Å². The van der Waals surface area contributed by atoms with Crippen LogP contribution in [-0.2, 0) is 11.3 Å². The average molecular weight is 416 g/mol. The minimum atomic E-state index is -0.572. The highest BCUT2D eigenvalue weighted by atomic mass is 19.1. The van der Waals surface area contributed by atoms with Gasteiger partial charge in [-0.25, -0.2) is 4.39 Å². The number of fused-ring (bicyclic) bond motifs is 1. The number of rotatable bonds is 7. The number of halogens is 1. The van der Waals surface area contributed by atoms with Gasteiger partial charge in [0.2, 0.25) is 5.91 Å². The van der Waals surface area contributed by atoms with Gasteiger partial charge in [0.15, 0.2) is 5.78 Å². The van der Waals surface area contributed by atoms with Crippen LogP contribution >= 0.6 is 0 Å². The summed E-state index contributed by atoms with van der Waals surface area (Å²) in [6.45, 7) is 2.49. The molecule has 0 saturated carbocycles. The number of hydrogen-bond donors (Lipinski definition) is 1. The number of ether oxygens (including phenoxy) is 1. The number of aromatic nitrogens is 1. The summed E-state index contributed by atoms with van der Waals surface area (Å²) in [6, 6.07) is 20.3. The maximum Gasteiger partial charge on any atom is 0.244 e. The van der Waals surface area contributed by atoms with Crippen LogP contribution in [0.1, 0.15) is 22.8 Å². The van der Waals surface area contributed by atoms with Crippen molar-refractivity contribution >= 4 is 28.3 Å². The lowest BCUT2D eigenvalue weighted by Crippen LogP contribution is -2.18. The number of carbonyl (C=O) groups excluding carboxylic acids is 2. The molecule has 0 radical (unpaired) electrons. The fourth-order valence-corrected chi connectivity index (χ4v) is 3.51. The summed E-state index contributed by atoms with van der Waals surface area (Å²) in [5.41, 5.74) is 1.73. The minimum absolute atomic E-state index is 0.00393. The number of benzene rings is 3. The lowest BCUT2D eigenvalue weighted by Gasteiger charge is -2.08. The number of anilines is 1. The van der Waals surface area contributed by atoms with E-state index < -0.39 is 11.6 Å². The van der Waals surface area contributed by atoms with Crippen molar-refractivity contribution in [2.45, 2.75) is 13.5 Å². The zero-order chi connectivity index (χ0) is 21.8. The predicted octanol–water partition coefficient (Wildman–Crippen LogP) is 5.05. The van der Waals surface area contributed by atoms with Gasteiger partial charge in [-0.15, -0.1) is 0 Å². The average Bonchev–Trinajstić information content (AvgIpc) is 3.13. The van der Waals surface area contributed by atoms with Crippen LogP contribution in [0.4, 0.5) is 10.1 Å². The molecule has 0 aliphatic rings. The highest BCUT2D eigenvalue weighted by molar-refractivity contribution is 6.16. The van der Waals surface area contributed by atoms with Crippen molar-refractivity contribution in [3.05, 3.63) is 95.9 Å². The Balaban J connectivity index is 1.59. The van der Waals surface area contributed by atoms with Gasteiger partial charge in [0.05, 0.1) is 12.2 Å². The largest absolute Gasteiger partial charge is 0.494 e. The minimum Gasteiger partial charge on any atom is -0.494 e. The summed E-state index contributed by atoms with van der Waals surface area (Å²) < 4.78 is 21.3. The summed E-state index contributed by atoms with van der Waals surface area (Å²) >= 11 is 0. The van der Waals surface area contributed by atoms with Crippen molar-refractivity contribution in [2.75, 3.05) is 11.9 Å². The van der Waals surface area contributed by atoms with Crippen LogP contribution < -0.4 is 10.1 Å². The van der Waals surface area contributed by atoms with Gasteiger partial charge in [-0.2, -0.15) is 0 Å². The first kappa shape index (κ1) is 20.3. The van der Waals surface area contributed by atoms with E-state index in [2.05, 4.69) is 5.32 Å². The molecule has 0 atom stereocenters. The van der Waals surface area contributed by atoms with Gasteiger partial charge in [-0.05, 0) is 49.4 Å². The van der Waals surface area contributed by atoms with E-state index in [1.54, 1.807) is 53.2 Å². The van der Waals surface area contributed by atoms with E-state index >= 15 is 0 Å². The molecule has 0 saturated heterocycles. The van der Waals surface area contributed by atoms with Gasteiger partial charge >= 0.3 is 0 Å². The van der Waals surface area contributed by atoms with Crippen LogP contribution in [0.3, 0.4) is 0 Å². The molecular weight excluding hydrogens is 395 g/mol. The fourth-order valence-electron chi connectivity index (χ4n) is 3.51. The van der Waals surface area contributed by atoms with Gasteiger partial charge < -0.3 is 14.6 Å². The van der Waals surface area contributed by atoms with Crippen molar-refractivity contribution < 1.29 is 18.7 Å². The van der Waals surface area contributed by atoms with Crippen LogP contribution in [0.15, 0.2) is 79.0 Å². The second-order valence-corrected chi connectivity index (χ2v) is 7.00. The smallest absolute Gasteiger partial charge is 0.244 e. The Morgan fingerprint density at radius 1 is 0.935 bits per heavy atom. The first-order valence-electron chi connectivity index (χ1n) is 9.96. The third-order valence-electron chi connectivity index (χ3n) is 4.91. The topological polar surface area (TPSA) is 60.3 Å². The van der Waals surface area contributed by atoms with Gasteiger partial charge in [-0.3, -0.25) is 9.59 Å². The Labute approximate surface area is 179 Å². The predicted molar refractivity (Wildman–Crippen MR) is 118 cm³/mol. The van der Waals surface area contributed by atoms with Crippen molar-refractivity contribution in [1.82, 2.24) is 4.57 Å². The number of ketones is 1. The van der Waals surface area contributed by atoms with E-state index in [9.17, 15) is 14.0 Å². The molecule has 156 valence electrons. The lowest BCUT2D eigenvalue weighted by atomic mass is 10.0. The Morgan fingerprint density at radius 3 is 2.39 bits per heavy atom. The molecule has 4 aromatic rings. The molecule has 0 aliphatic carbocycles. The quantitative estimate of drug-likeness (QED) is 0.429. The highest BCUT2D eigenvalue weighted by Crippen LogP contribution is 2.25. The Hall–Kier alpha value is -3.93. The standard InChI is InChI=1S/C25H21FN2O3/c1-2-31-18-13-11-17(12-14-18)27-24(29)16-28-15-21(19-7-4-6-10-23(19)28)25(30)20-8-3-5-9-22(20)26/h3-15H,2,16H2,1H3,(H,27,29). The van der Waals surface area contributed by atoms with Crippen LogP contribution in [-0.4, -0.2) is 22.9 Å². The molecule has 1 heterocycles. The van der Waals surface area contributed by atoms with E-state index in [1.165, 1.54) is 12.1 Å². The second-order valence-electron chi connectivity index (χ2n) is 7.00. The van der Waals surface area contributed by atoms with Crippen molar-refractivity contribution in [1.29, 1.82) is 0 Å². The molecule has 0 aliphatic heterocycles. The Kier molecular flexibility index (Phi) is 5.80. The molecule has 1 amide bonds. The molecule has 5 nitrogen and oxygen atoms in total. The summed E-state index contributed by atoms with van der Waals surface area (Å²) in [7, 11) is 0. The number of hydrogen-bond acceptors (Lipinski definition) is 3. The lowest BCUT2D eigenvalue weighted by molar-refractivity contribution is -0.116. The summed E-state index contributed by atoms with van der Waals surface area (Å²) in [4.78, 5) is 25.6. The molecule has 0 spiro atoms. The van der Waals surface area contributed by atoms with Crippen molar-refractivity contribution in [2.24, 2.45) is 0 Å². The maximum atomic E-state index is 14.2. The molecule has 6 heteroatoms. The van der Waals surface area contributed by atoms with Crippen LogP contribution in [0, 0.1) is 5.82 Å². The molecule has 31 heavy (non-hydrogen) atoms. The van der Waals surface area contributed by atoms with Gasteiger partial charge in [0, 0.05) is 28.4 Å². The van der Waals surface area contributed by atoms with E-state index in [-0.39, 0.29) is 18.0 Å². The molecule has 3 aromatic carbocycles. The number of nitrogens with one attached hydrogen (secondary N) is 1. The molecule has 4 rings (SSSR count).